The van der Waals surface area contributed by atoms with Crippen molar-refractivity contribution < 1.29 is 122 Å². The molecule has 2 aliphatic heterocycles. The molecule has 3 aliphatic rings. The van der Waals surface area contributed by atoms with E-state index in [4.69, 9.17) is 46.9 Å². The molecule has 0 aromatic heterocycles. The zero-order valence-electron chi connectivity index (χ0n) is 75.3. The van der Waals surface area contributed by atoms with Crippen LogP contribution in [0.4, 0.5) is 0 Å². The molecule has 0 aromatic carbocycles. The second-order valence-electron chi connectivity index (χ2n) is 35.5. The molecule has 702 valence electrons. The van der Waals surface area contributed by atoms with E-state index in [1.54, 1.807) is 0 Å². The van der Waals surface area contributed by atoms with Crippen molar-refractivity contribution >= 4 is 31.7 Å². The maximum atomic E-state index is 14.9. The van der Waals surface area contributed by atoms with Crippen LogP contribution in [0.15, 0.2) is 0 Å². The van der Waals surface area contributed by atoms with E-state index < -0.39 is 162 Å². The summed E-state index contributed by atoms with van der Waals surface area (Å²) in [5.74, 6) is -1.63. The van der Waals surface area contributed by atoms with E-state index in [2.05, 4.69) is 41.5 Å². The zero-order valence-corrected chi connectivity index (χ0v) is 76.2. The zero-order chi connectivity index (χ0) is 87.1. The Hall–Kier alpha value is -2.53. The van der Waals surface area contributed by atoms with Gasteiger partial charge in [-0.2, -0.15) is 0 Å². The third kappa shape index (κ3) is 51.2. The molecule has 20 unspecified atom stereocenters. The van der Waals surface area contributed by atoms with E-state index in [-0.39, 0.29) is 25.7 Å². The monoisotopic (exact) mass is 1720 g/mol. The van der Waals surface area contributed by atoms with Gasteiger partial charge in [-0.15, -0.1) is 0 Å². The van der Waals surface area contributed by atoms with Crippen molar-refractivity contribution in [1.82, 2.24) is 0 Å². The summed E-state index contributed by atoms with van der Waals surface area (Å²) < 4.78 is 73.6. The number of esters is 4. The number of carbonyl (C=O) groups excluding carboxylic acids is 4. The Bertz CT molecular complexity index is 2500. The van der Waals surface area contributed by atoms with E-state index in [0.29, 0.717) is 43.9 Å². The molecule has 20 atom stereocenters. The molecular formula is C93H175O25P. The number of unbranched alkanes of at least 4 members (excludes halogenated alkanes) is 46. The van der Waals surface area contributed by atoms with Crippen molar-refractivity contribution in [3.63, 3.8) is 0 Å². The second-order valence-corrected chi connectivity index (χ2v) is 36.9. The number of aliphatic hydroxyl groups is 9. The van der Waals surface area contributed by atoms with Crippen molar-refractivity contribution in [2.24, 2.45) is 11.8 Å². The van der Waals surface area contributed by atoms with Crippen LogP contribution in [0, 0.1) is 11.8 Å². The van der Waals surface area contributed by atoms with Crippen molar-refractivity contribution in [3.05, 3.63) is 0 Å². The highest BCUT2D eigenvalue weighted by Crippen LogP contribution is 2.49. The number of aliphatic hydroxyl groups excluding tert-OH is 9. The molecule has 26 heteroatoms. The predicted molar refractivity (Wildman–Crippen MR) is 463 cm³/mol. The number of hydrogen-bond acceptors (Lipinski definition) is 24. The van der Waals surface area contributed by atoms with E-state index in [1.165, 1.54) is 199 Å². The van der Waals surface area contributed by atoms with Gasteiger partial charge in [0.05, 0.1) is 13.2 Å². The number of rotatable bonds is 78. The van der Waals surface area contributed by atoms with Crippen LogP contribution in [0.5, 0.6) is 0 Å². The molecule has 1 saturated carbocycles. The van der Waals surface area contributed by atoms with Crippen LogP contribution in [0.25, 0.3) is 0 Å². The lowest BCUT2D eigenvalue weighted by Gasteiger charge is -2.50. The Balaban J connectivity index is 1.92. The van der Waals surface area contributed by atoms with Crippen LogP contribution < -0.4 is 0 Å². The van der Waals surface area contributed by atoms with Crippen LogP contribution in [0.3, 0.4) is 0 Å². The van der Waals surface area contributed by atoms with Crippen molar-refractivity contribution in [3.8, 4) is 0 Å². The average Bonchev–Trinajstić information content (AvgIpc) is 0.754. The van der Waals surface area contributed by atoms with E-state index >= 15 is 0 Å². The minimum Gasteiger partial charge on any atom is -0.463 e. The Morgan fingerprint density at radius 1 is 0.328 bits per heavy atom. The maximum Gasteiger partial charge on any atom is 0.472 e. The fraction of sp³-hybridized carbons (Fsp3) is 0.957. The normalized spacial score (nSPS) is 25.3. The number of phosphoric ester groups is 1. The van der Waals surface area contributed by atoms with Crippen molar-refractivity contribution in [2.45, 2.75) is 531 Å². The Kier molecular flexibility index (Phi) is 65.6. The number of carbonyl (C=O) groups is 4. The average molecular weight is 1720 g/mol. The molecule has 25 nitrogen and oxygen atoms in total. The summed E-state index contributed by atoms with van der Waals surface area (Å²) in [4.78, 5) is 66.6. The Morgan fingerprint density at radius 2 is 0.630 bits per heavy atom. The van der Waals surface area contributed by atoms with Crippen LogP contribution >= 0.6 is 7.82 Å². The molecule has 10 N–H and O–H groups in total. The first-order valence-corrected chi connectivity index (χ1v) is 50.0. The van der Waals surface area contributed by atoms with Crippen LogP contribution in [-0.4, -0.2) is 205 Å². The smallest absolute Gasteiger partial charge is 0.463 e. The van der Waals surface area contributed by atoms with Gasteiger partial charge in [0.15, 0.2) is 24.8 Å². The first-order chi connectivity index (χ1) is 57.5. The topological polar surface area (TPSA) is 380 Å². The van der Waals surface area contributed by atoms with E-state index in [0.717, 1.165) is 128 Å². The van der Waals surface area contributed by atoms with Gasteiger partial charge in [-0.05, 0) is 37.5 Å². The third-order valence-corrected chi connectivity index (χ3v) is 25.4. The lowest BCUT2D eigenvalue weighted by molar-refractivity contribution is -0.360. The van der Waals surface area contributed by atoms with Gasteiger partial charge in [-0.3, -0.25) is 28.2 Å². The molecule has 3 fully saturated rings. The number of ether oxygens (including phenoxy) is 8. The number of phosphoric acid groups is 1. The summed E-state index contributed by atoms with van der Waals surface area (Å²) in [6.45, 7) is 10.3. The highest BCUT2D eigenvalue weighted by molar-refractivity contribution is 7.47. The van der Waals surface area contributed by atoms with Gasteiger partial charge < -0.3 is 88.7 Å². The molecule has 1 aliphatic carbocycles. The quantitative estimate of drug-likeness (QED) is 0.0117. The van der Waals surface area contributed by atoms with E-state index in [9.17, 15) is 74.6 Å². The minimum atomic E-state index is -5.81. The van der Waals surface area contributed by atoms with E-state index in [1.807, 2.05) is 0 Å². The summed E-state index contributed by atoms with van der Waals surface area (Å²) in [6.07, 6.45) is 25.2. The fourth-order valence-corrected chi connectivity index (χ4v) is 17.5. The van der Waals surface area contributed by atoms with Gasteiger partial charge in [0, 0.05) is 25.7 Å². The molecular weight excluding hydrogens is 1550 g/mol. The Morgan fingerprint density at radius 3 is 1.00 bits per heavy atom. The third-order valence-electron chi connectivity index (χ3n) is 24.4. The predicted octanol–water partition coefficient (Wildman–Crippen LogP) is 18.3. The number of hydrogen-bond donors (Lipinski definition) is 10. The molecule has 0 bridgehead atoms. The standard InChI is InChI=1S/C93H175O25P/c1-7-11-15-19-23-25-27-29-30-32-34-36-38-49-57-65-78(97)112-73(68-109-76(95)63-55-47-37-35-33-31-28-26-24-20-16-12-8-2)69-111-119(107,108)118-91-89(116-92-86(105)82(101)80(99)74(67-94)113-92)85(104)84(103)88(115-79(98)66-58-50-42-40-46-54-62-72(6)60-52-44-22-18-14-10-4)90(91)117-93-87(106)83(102)81(100)75(114-93)70-110-77(96)64-56-48-41-39-45-53-61-71(5)59-51-43-21-17-13-9-3/h71-75,80-94,99-106H,7-70H2,1-6H3,(H,107,108). The SMILES string of the molecule is CCCCCCCCCCCCCCCCCC(=O)OC(COC(=O)CCCCCCCCCCCCCCC)COP(=O)(O)OC1C(OC2OC(CO)C(O)C(O)C2O)C(O)C(O)C(OC(=O)CCCCCCCCC(C)CCCCCCCC)C1OC1OC(COC(=O)CCCCCCCCC(C)CCCCCCCC)C(O)C(O)C1O. The van der Waals surface area contributed by atoms with Gasteiger partial charge in [-0.1, -0.05) is 375 Å². The first-order valence-electron chi connectivity index (χ1n) is 48.6. The molecule has 3 rings (SSSR count). The molecule has 2 heterocycles. The summed E-state index contributed by atoms with van der Waals surface area (Å²) in [7, 11) is -5.81. The molecule has 119 heavy (non-hydrogen) atoms. The molecule has 0 spiro atoms. The van der Waals surface area contributed by atoms with Crippen LogP contribution in [-0.2, 0) is 70.7 Å². The lowest BCUT2D eigenvalue weighted by atomic mass is 9.84. The van der Waals surface area contributed by atoms with Crippen LogP contribution in [0.1, 0.15) is 427 Å². The molecule has 0 aromatic rings. The second kappa shape index (κ2) is 70.5. The maximum absolute atomic E-state index is 14.9. The highest BCUT2D eigenvalue weighted by atomic mass is 31.2. The summed E-state index contributed by atoms with van der Waals surface area (Å²) >= 11 is 0. The van der Waals surface area contributed by atoms with Gasteiger partial charge >= 0.3 is 31.7 Å². The minimum absolute atomic E-state index is 0.0167. The summed E-state index contributed by atoms with van der Waals surface area (Å²) in [5, 5.41) is 103. The van der Waals surface area contributed by atoms with Gasteiger partial charge in [0.2, 0.25) is 0 Å². The van der Waals surface area contributed by atoms with Gasteiger partial charge in [-0.25, -0.2) is 4.57 Å². The van der Waals surface area contributed by atoms with Crippen LogP contribution in [0.2, 0.25) is 0 Å². The molecule has 2 saturated heterocycles. The summed E-state index contributed by atoms with van der Waals surface area (Å²) in [5.41, 5.74) is 0. The van der Waals surface area contributed by atoms with Gasteiger partial charge in [0.1, 0.15) is 92.6 Å². The first kappa shape index (κ1) is 111. The Labute approximate surface area is 719 Å². The fourth-order valence-electron chi connectivity index (χ4n) is 16.5. The van der Waals surface area contributed by atoms with Crippen molar-refractivity contribution in [2.75, 3.05) is 26.4 Å². The van der Waals surface area contributed by atoms with Crippen molar-refractivity contribution in [1.29, 1.82) is 0 Å². The largest absolute Gasteiger partial charge is 0.472 e. The molecule has 0 radical (unpaired) electrons. The highest BCUT2D eigenvalue weighted by Gasteiger charge is 2.60. The lowest BCUT2D eigenvalue weighted by Crippen LogP contribution is -2.70. The molecule has 0 amide bonds. The van der Waals surface area contributed by atoms with Gasteiger partial charge in [0.25, 0.3) is 0 Å². The summed E-state index contributed by atoms with van der Waals surface area (Å²) in [6, 6.07) is 0.